The normalized spacial score (nSPS) is 22.8. The van der Waals surface area contributed by atoms with Crippen LogP contribution in [0.2, 0.25) is 0 Å². The second-order valence-corrected chi connectivity index (χ2v) is 5.79. The summed E-state index contributed by atoms with van der Waals surface area (Å²) in [6.07, 6.45) is 3.58. The number of halogens is 1. The van der Waals surface area contributed by atoms with Crippen molar-refractivity contribution in [3.63, 3.8) is 0 Å². The van der Waals surface area contributed by atoms with E-state index in [0.29, 0.717) is 5.69 Å². The number of nitrogens with two attached hydrogens (primary N) is 1. The van der Waals surface area contributed by atoms with Crippen LogP contribution < -0.4 is 16.4 Å². The predicted molar refractivity (Wildman–Crippen MR) is 82.6 cm³/mol. The van der Waals surface area contributed by atoms with Gasteiger partial charge in [0.25, 0.3) is 0 Å². The number of carbonyl (C=O) groups excluding carboxylic acids is 2. The van der Waals surface area contributed by atoms with Gasteiger partial charge in [-0.05, 0) is 38.0 Å². The van der Waals surface area contributed by atoms with E-state index in [1.807, 2.05) is 0 Å². The highest BCUT2D eigenvalue weighted by atomic mass is 19.1. The Balaban J connectivity index is 1.94. The van der Waals surface area contributed by atoms with Crippen LogP contribution in [0.25, 0.3) is 0 Å². The number of rotatable bonds is 5. The van der Waals surface area contributed by atoms with Gasteiger partial charge >= 0.3 is 0 Å². The standard InChI is InChI=1S/C16H22FN3O2/c1-10(16(22)20-12-6-4-5-11(17)9-12)19-14-8-3-2-7-13(14)15(18)21/h4-6,9-10,13-14,19H,2-3,7-8H2,1H3,(H2,18,21)(H,20,22)/t10-,13-,14-/m0/s1. The van der Waals surface area contributed by atoms with Gasteiger partial charge in [0.05, 0.1) is 12.0 Å². The van der Waals surface area contributed by atoms with E-state index in [-0.39, 0.29) is 23.8 Å². The Bertz CT molecular complexity index is 550. The Morgan fingerprint density at radius 3 is 2.73 bits per heavy atom. The number of amides is 2. The van der Waals surface area contributed by atoms with Crippen LogP contribution in [-0.4, -0.2) is 23.9 Å². The van der Waals surface area contributed by atoms with Gasteiger partial charge in [0.15, 0.2) is 0 Å². The second-order valence-electron chi connectivity index (χ2n) is 5.79. The van der Waals surface area contributed by atoms with Crippen LogP contribution in [0.15, 0.2) is 24.3 Å². The number of carbonyl (C=O) groups is 2. The van der Waals surface area contributed by atoms with Crippen molar-refractivity contribution in [2.45, 2.75) is 44.7 Å². The molecule has 1 aromatic rings. The Labute approximate surface area is 129 Å². The van der Waals surface area contributed by atoms with Gasteiger partial charge in [-0.25, -0.2) is 4.39 Å². The van der Waals surface area contributed by atoms with Crippen LogP contribution in [0.3, 0.4) is 0 Å². The summed E-state index contributed by atoms with van der Waals surface area (Å²) >= 11 is 0. The maximum absolute atomic E-state index is 13.1. The van der Waals surface area contributed by atoms with Crippen LogP contribution in [0.4, 0.5) is 10.1 Å². The number of primary amides is 1. The SMILES string of the molecule is C[C@H](N[C@H]1CCCC[C@@H]1C(N)=O)C(=O)Nc1cccc(F)c1. The molecule has 0 heterocycles. The van der Waals surface area contributed by atoms with Crippen LogP contribution in [-0.2, 0) is 9.59 Å². The molecule has 2 rings (SSSR count). The van der Waals surface area contributed by atoms with Crippen LogP contribution >= 0.6 is 0 Å². The fourth-order valence-corrected chi connectivity index (χ4v) is 2.88. The summed E-state index contributed by atoms with van der Waals surface area (Å²) in [6, 6.07) is 5.16. The first-order chi connectivity index (χ1) is 10.5. The second kappa shape index (κ2) is 7.35. The van der Waals surface area contributed by atoms with E-state index in [1.54, 1.807) is 13.0 Å². The summed E-state index contributed by atoms with van der Waals surface area (Å²) < 4.78 is 13.1. The predicted octanol–water partition coefficient (Wildman–Crippen LogP) is 1.79. The zero-order valence-corrected chi connectivity index (χ0v) is 12.6. The molecule has 120 valence electrons. The van der Waals surface area contributed by atoms with Gasteiger partial charge in [0.2, 0.25) is 11.8 Å². The third-order valence-electron chi connectivity index (χ3n) is 4.08. The lowest BCUT2D eigenvalue weighted by molar-refractivity contribution is -0.124. The highest BCUT2D eigenvalue weighted by molar-refractivity contribution is 5.94. The number of hydrogen-bond donors (Lipinski definition) is 3. The van der Waals surface area contributed by atoms with Gasteiger partial charge < -0.3 is 16.4 Å². The molecule has 1 aliphatic rings. The molecule has 2 amide bonds. The van der Waals surface area contributed by atoms with Crippen molar-refractivity contribution >= 4 is 17.5 Å². The summed E-state index contributed by atoms with van der Waals surface area (Å²) in [5.41, 5.74) is 5.84. The third kappa shape index (κ3) is 4.27. The topological polar surface area (TPSA) is 84.2 Å². The van der Waals surface area contributed by atoms with E-state index in [1.165, 1.54) is 18.2 Å². The molecule has 3 atom stereocenters. The first kappa shape index (κ1) is 16.4. The maximum Gasteiger partial charge on any atom is 0.241 e. The van der Waals surface area contributed by atoms with Gasteiger partial charge in [-0.15, -0.1) is 0 Å². The molecule has 0 saturated heterocycles. The van der Waals surface area contributed by atoms with Gasteiger partial charge in [-0.3, -0.25) is 9.59 Å². The molecule has 0 spiro atoms. The van der Waals surface area contributed by atoms with E-state index in [9.17, 15) is 14.0 Å². The minimum atomic E-state index is -0.492. The molecule has 0 bridgehead atoms. The lowest BCUT2D eigenvalue weighted by atomic mass is 9.83. The molecule has 1 aromatic carbocycles. The molecule has 0 aromatic heterocycles. The quantitative estimate of drug-likeness (QED) is 0.775. The molecular weight excluding hydrogens is 285 g/mol. The monoisotopic (exact) mass is 307 g/mol. The molecule has 0 aliphatic heterocycles. The molecule has 1 aliphatic carbocycles. The molecular formula is C16H22FN3O2. The Hall–Kier alpha value is -1.95. The number of nitrogens with one attached hydrogen (secondary N) is 2. The highest BCUT2D eigenvalue weighted by Crippen LogP contribution is 2.24. The number of benzene rings is 1. The lowest BCUT2D eigenvalue weighted by Gasteiger charge is -2.32. The van der Waals surface area contributed by atoms with Crippen molar-refractivity contribution < 1.29 is 14.0 Å². The largest absolute Gasteiger partial charge is 0.369 e. The average Bonchev–Trinajstić information content (AvgIpc) is 2.47. The first-order valence-electron chi connectivity index (χ1n) is 7.59. The fourth-order valence-electron chi connectivity index (χ4n) is 2.88. The molecule has 5 nitrogen and oxygen atoms in total. The number of hydrogen-bond acceptors (Lipinski definition) is 3. The molecule has 1 fully saturated rings. The van der Waals surface area contributed by atoms with Crippen molar-refractivity contribution in [2.75, 3.05) is 5.32 Å². The average molecular weight is 307 g/mol. The smallest absolute Gasteiger partial charge is 0.241 e. The summed E-state index contributed by atoms with van der Waals surface area (Å²) in [6.45, 7) is 1.72. The molecule has 4 N–H and O–H groups in total. The molecule has 6 heteroatoms. The summed E-state index contributed by atoms with van der Waals surface area (Å²) in [4.78, 5) is 23.6. The number of anilines is 1. The van der Waals surface area contributed by atoms with Crippen molar-refractivity contribution in [3.05, 3.63) is 30.1 Å². The summed E-state index contributed by atoms with van der Waals surface area (Å²) in [5, 5.41) is 5.84. The zero-order chi connectivity index (χ0) is 16.1. The summed E-state index contributed by atoms with van der Waals surface area (Å²) in [5.74, 6) is -1.23. The fraction of sp³-hybridized carbons (Fsp3) is 0.500. The van der Waals surface area contributed by atoms with Crippen LogP contribution in [0.1, 0.15) is 32.6 Å². The Kier molecular flexibility index (Phi) is 5.49. The van der Waals surface area contributed by atoms with Gasteiger partial charge in [0, 0.05) is 11.7 Å². The molecule has 0 radical (unpaired) electrons. The molecule has 1 saturated carbocycles. The zero-order valence-electron chi connectivity index (χ0n) is 12.6. The lowest BCUT2D eigenvalue weighted by Crippen LogP contribution is -2.51. The minimum Gasteiger partial charge on any atom is -0.369 e. The van der Waals surface area contributed by atoms with E-state index < -0.39 is 11.9 Å². The third-order valence-corrected chi connectivity index (χ3v) is 4.08. The Morgan fingerprint density at radius 1 is 1.32 bits per heavy atom. The summed E-state index contributed by atoms with van der Waals surface area (Å²) in [7, 11) is 0. The van der Waals surface area contributed by atoms with Crippen LogP contribution in [0, 0.1) is 11.7 Å². The maximum atomic E-state index is 13.1. The van der Waals surface area contributed by atoms with E-state index in [4.69, 9.17) is 5.73 Å². The van der Waals surface area contributed by atoms with Gasteiger partial charge in [-0.1, -0.05) is 18.9 Å². The first-order valence-corrected chi connectivity index (χ1v) is 7.59. The van der Waals surface area contributed by atoms with Crippen LogP contribution in [0.5, 0.6) is 0 Å². The minimum absolute atomic E-state index is 0.0838. The van der Waals surface area contributed by atoms with Crippen molar-refractivity contribution in [1.82, 2.24) is 5.32 Å². The van der Waals surface area contributed by atoms with E-state index in [2.05, 4.69) is 10.6 Å². The van der Waals surface area contributed by atoms with E-state index in [0.717, 1.165) is 25.7 Å². The van der Waals surface area contributed by atoms with Gasteiger partial charge in [-0.2, -0.15) is 0 Å². The van der Waals surface area contributed by atoms with E-state index >= 15 is 0 Å². The molecule has 0 unspecified atom stereocenters. The Morgan fingerprint density at radius 2 is 2.05 bits per heavy atom. The van der Waals surface area contributed by atoms with Crippen molar-refractivity contribution in [3.8, 4) is 0 Å². The van der Waals surface area contributed by atoms with Crippen molar-refractivity contribution in [2.24, 2.45) is 11.7 Å². The highest BCUT2D eigenvalue weighted by Gasteiger charge is 2.31. The molecule has 22 heavy (non-hydrogen) atoms. The van der Waals surface area contributed by atoms with Gasteiger partial charge in [0.1, 0.15) is 5.82 Å². The van der Waals surface area contributed by atoms with Crippen molar-refractivity contribution in [1.29, 1.82) is 0 Å².